The van der Waals surface area contributed by atoms with E-state index >= 15 is 0 Å². The summed E-state index contributed by atoms with van der Waals surface area (Å²) in [7, 11) is 0. The molecule has 2 aromatic heterocycles. The zero-order valence-corrected chi connectivity index (χ0v) is 9.22. The van der Waals surface area contributed by atoms with Crippen molar-refractivity contribution in [2.45, 2.75) is 12.8 Å². The average Bonchev–Trinajstić information content (AvgIpc) is 2.94. The number of aromatic nitrogens is 1. The van der Waals surface area contributed by atoms with Gasteiger partial charge in [-0.05, 0) is 36.6 Å². The minimum absolute atomic E-state index is 0.366. The van der Waals surface area contributed by atoms with Crippen LogP contribution in [0.1, 0.15) is 11.3 Å². The van der Waals surface area contributed by atoms with Gasteiger partial charge in [0.15, 0.2) is 0 Å². The lowest BCUT2D eigenvalue weighted by Crippen LogP contribution is -1.91. The standard InChI is InChI=1S/C13H12N2O2/c14-13-8-11(15-17-13)3-1-9-2-4-12-10(7-9)5-6-16-12/h2,4-8H,1,3,14H2. The van der Waals surface area contributed by atoms with Gasteiger partial charge in [0.2, 0.25) is 5.88 Å². The van der Waals surface area contributed by atoms with Gasteiger partial charge in [-0.2, -0.15) is 0 Å². The van der Waals surface area contributed by atoms with E-state index in [1.807, 2.05) is 12.1 Å². The van der Waals surface area contributed by atoms with Gasteiger partial charge < -0.3 is 14.7 Å². The fourth-order valence-electron chi connectivity index (χ4n) is 1.89. The number of aryl methyl sites for hydroxylation is 2. The van der Waals surface area contributed by atoms with E-state index < -0.39 is 0 Å². The lowest BCUT2D eigenvalue weighted by Gasteiger charge is -1.98. The lowest BCUT2D eigenvalue weighted by molar-refractivity contribution is 0.427. The van der Waals surface area contributed by atoms with Gasteiger partial charge in [-0.3, -0.25) is 0 Å². The van der Waals surface area contributed by atoms with Crippen LogP contribution < -0.4 is 5.73 Å². The van der Waals surface area contributed by atoms with Gasteiger partial charge in [-0.1, -0.05) is 11.2 Å². The van der Waals surface area contributed by atoms with Crippen LogP contribution in [-0.2, 0) is 12.8 Å². The largest absolute Gasteiger partial charge is 0.464 e. The van der Waals surface area contributed by atoms with Crippen molar-refractivity contribution in [1.29, 1.82) is 0 Å². The molecule has 3 rings (SSSR count). The summed E-state index contributed by atoms with van der Waals surface area (Å²) in [5.41, 5.74) is 8.52. The number of hydrogen-bond acceptors (Lipinski definition) is 4. The molecule has 2 N–H and O–H groups in total. The third-order valence-electron chi connectivity index (χ3n) is 2.76. The second kappa shape index (κ2) is 3.97. The molecule has 86 valence electrons. The molecule has 0 aliphatic heterocycles. The summed E-state index contributed by atoms with van der Waals surface area (Å²) >= 11 is 0. The maximum Gasteiger partial charge on any atom is 0.222 e. The Morgan fingerprint density at radius 2 is 2.06 bits per heavy atom. The molecule has 4 heteroatoms. The molecule has 0 aliphatic rings. The Hall–Kier alpha value is -2.23. The van der Waals surface area contributed by atoms with E-state index in [0.29, 0.717) is 5.88 Å². The monoisotopic (exact) mass is 228 g/mol. The molecule has 0 aliphatic carbocycles. The maximum absolute atomic E-state index is 5.47. The first kappa shape index (κ1) is 9.96. The van der Waals surface area contributed by atoms with Crippen molar-refractivity contribution in [3.8, 4) is 0 Å². The molecule has 0 fully saturated rings. The van der Waals surface area contributed by atoms with Crippen LogP contribution in [0.25, 0.3) is 11.0 Å². The van der Waals surface area contributed by atoms with Crippen LogP contribution in [0.2, 0.25) is 0 Å². The summed E-state index contributed by atoms with van der Waals surface area (Å²) in [6, 6.07) is 9.91. The molecule has 3 aromatic rings. The van der Waals surface area contributed by atoms with Gasteiger partial charge >= 0.3 is 0 Å². The number of benzene rings is 1. The Balaban J connectivity index is 1.76. The normalized spacial score (nSPS) is 11.1. The number of hydrogen-bond donors (Lipinski definition) is 1. The molecule has 0 saturated heterocycles. The van der Waals surface area contributed by atoms with Gasteiger partial charge in [0.25, 0.3) is 0 Å². The van der Waals surface area contributed by atoms with Gasteiger partial charge in [0.1, 0.15) is 5.58 Å². The summed E-state index contributed by atoms with van der Waals surface area (Å²) in [5, 5.41) is 4.99. The molecule has 0 bridgehead atoms. The number of fused-ring (bicyclic) bond motifs is 1. The number of nitrogen functional groups attached to an aromatic ring is 1. The Kier molecular flexibility index (Phi) is 2.33. The van der Waals surface area contributed by atoms with Crippen molar-refractivity contribution < 1.29 is 8.94 Å². The Bertz CT molecular complexity index is 639. The van der Waals surface area contributed by atoms with E-state index in [9.17, 15) is 0 Å². The molecule has 0 unspecified atom stereocenters. The number of nitrogens with zero attached hydrogens (tertiary/aromatic N) is 1. The van der Waals surface area contributed by atoms with E-state index in [1.165, 1.54) is 5.56 Å². The number of furan rings is 1. The molecular weight excluding hydrogens is 216 g/mol. The van der Waals surface area contributed by atoms with Crippen molar-refractivity contribution in [2.24, 2.45) is 0 Å². The SMILES string of the molecule is Nc1cc(CCc2ccc3occc3c2)no1. The minimum Gasteiger partial charge on any atom is -0.464 e. The third-order valence-corrected chi connectivity index (χ3v) is 2.76. The molecule has 0 atom stereocenters. The first-order valence-electron chi connectivity index (χ1n) is 5.48. The second-order valence-corrected chi connectivity index (χ2v) is 4.01. The highest BCUT2D eigenvalue weighted by Crippen LogP contribution is 2.18. The Labute approximate surface area is 98.0 Å². The summed E-state index contributed by atoms with van der Waals surface area (Å²) in [6.45, 7) is 0. The Morgan fingerprint density at radius 3 is 2.88 bits per heavy atom. The first-order valence-corrected chi connectivity index (χ1v) is 5.48. The summed E-state index contributed by atoms with van der Waals surface area (Å²) in [5.74, 6) is 0.366. The molecule has 4 nitrogen and oxygen atoms in total. The van der Waals surface area contributed by atoms with E-state index in [0.717, 1.165) is 29.5 Å². The summed E-state index contributed by atoms with van der Waals surface area (Å²) in [4.78, 5) is 0. The molecule has 0 spiro atoms. The summed E-state index contributed by atoms with van der Waals surface area (Å²) in [6.07, 6.45) is 3.43. The number of rotatable bonds is 3. The van der Waals surface area contributed by atoms with E-state index in [2.05, 4.69) is 17.3 Å². The molecular formula is C13H12N2O2. The predicted octanol–water partition coefficient (Wildman–Crippen LogP) is 2.79. The smallest absolute Gasteiger partial charge is 0.222 e. The van der Waals surface area contributed by atoms with Crippen LogP contribution in [0.3, 0.4) is 0 Å². The van der Waals surface area contributed by atoms with Crippen molar-refractivity contribution in [1.82, 2.24) is 5.16 Å². The van der Waals surface area contributed by atoms with Crippen LogP contribution in [0.15, 0.2) is 45.5 Å². The van der Waals surface area contributed by atoms with Crippen LogP contribution in [0.5, 0.6) is 0 Å². The van der Waals surface area contributed by atoms with Gasteiger partial charge in [-0.15, -0.1) is 0 Å². The molecule has 2 heterocycles. The molecule has 1 aromatic carbocycles. The second-order valence-electron chi connectivity index (χ2n) is 4.01. The van der Waals surface area contributed by atoms with Crippen molar-refractivity contribution in [3.63, 3.8) is 0 Å². The minimum atomic E-state index is 0.366. The van der Waals surface area contributed by atoms with E-state index in [1.54, 1.807) is 12.3 Å². The van der Waals surface area contributed by atoms with Gasteiger partial charge in [0, 0.05) is 11.5 Å². The quantitative estimate of drug-likeness (QED) is 0.748. The van der Waals surface area contributed by atoms with Crippen LogP contribution >= 0.6 is 0 Å². The van der Waals surface area contributed by atoms with Crippen molar-refractivity contribution >= 4 is 16.9 Å². The van der Waals surface area contributed by atoms with Gasteiger partial charge in [-0.25, -0.2) is 0 Å². The fourth-order valence-corrected chi connectivity index (χ4v) is 1.89. The lowest BCUT2D eigenvalue weighted by atomic mass is 10.1. The highest BCUT2D eigenvalue weighted by molar-refractivity contribution is 5.77. The van der Waals surface area contributed by atoms with Crippen molar-refractivity contribution in [3.05, 3.63) is 47.9 Å². The zero-order valence-electron chi connectivity index (χ0n) is 9.22. The highest BCUT2D eigenvalue weighted by Gasteiger charge is 2.03. The van der Waals surface area contributed by atoms with E-state index in [4.69, 9.17) is 14.7 Å². The molecule has 0 radical (unpaired) electrons. The van der Waals surface area contributed by atoms with Crippen LogP contribution in [-0.4, -0.2) is 5.16 Å². The molecule has 0 saturated carbocycles. The van der Waals surface area contributed by atoms with Crippen molar-refractivity contribution in [2.75, 3.05) is 5.73 Å². The average molecular weight is 228 g/mol. The Morgan fingerprint density at radius 1 is 1.12 bits per heavy atom. The molecule has 17 heavy (non-hydrogen) atoms. The molecule has 0 amide bonds. The zero-order chi connectivity index (χ0) is 11.7. The third kappa shape index (κ3) is 2.01. The van der Waals surface area contributed by atoms with Crippen LogP contribution in [0.4, 0.5) is 5.88 Å². The van der Waals surface area contributed by atoms with Crippen LogP contribution in [0, 0.1) is 0 Å². The van der Waals surface area contributed by atoms with E-state index in [-0.39, 0.29) is 0 Å². The van der Waals surface area contributed by atoms with Gasteiger partial charge in [0.05, 0.1) is 12.0 Å². The maximum atomic E-state index is 5.47. The summed E-state index contributed by atoms with van der Waals surface area (Å²) < 4.78 is 10.1. The highest BCUT2D eigenvalue weighted by atomic mass is 16.5. The first-order chi connectivity index (χ1) is 8.31. The number of anilines is 1. The fraction of sp³-hybridized carbons (Fsp3) is 0.154. The number of nitrogens with two attached hydrogens (primary N) is 1. The predicted molar refractivity (Wildman–Crippen MR) is 64.5 cm³/mol. The topological polar surface area (TPSA) is 65.2 Å².